The minimum atomic E-state index is -4.96. The van der Waals surface area contributed by atoms with Crippen molar-refractivity contribution < 1.29 is 80.2 Å². The summed E-state index contributed by atoms with van der Waals surface area (Å²) in [5.74, 6) is 1.03. The highest BCUT2D eigenvalue weighted by atomic mass is 31.2. The Kier molecular flexibility index (Phi) is 65.0. The molecule has 19 heteroatoms. The van der Waals surface area contributed by atoms with Gasteiger partial charge in [-0.25, -0.2) is 9.13 Å². The van der Waals surface area contributed by atoms with Crippen LogP contribution < -0.4 is 0 Å². The second-order valence-corrected chi connectivity index (χ2v) is 31.6. The second-order valence-electron chi connectivity index (χ2n) is 28.7. The van der Waals surface area contributed by atoms with Gasteiger partial charge in [0, 0.05) is 25.7 Å². The molecule has 0 aliphatic carbocycles. The number of hydrogen-bond acceptors (Lipinski definition) is 15. The Balaban J connectivity index is 5.19. The van der Waals surface area contributed by atoms with Crippen LogP contribution >= 0.6 is 15.6 Å². The van der Waals surface area contributed by atoms with Gasteiger partial charge in [0.15, 0.2) is 12.2 Å². The third-order valence-electron chi connectivity index (χ3n) is 19.3. The van der Waals surface area contributed by atoms with Crippen LogP contribution in [0.4, 0.5) is 0 Å². The highest BCUT2D eigenvalue weighted by Gasteiger charge is 2.30. The quantitative estimate of drug-likeness (QED) is 0.0222. The van der Waals surface area contributed by atoms with Gasteiger partial charge in [-0.2, -0.15) is 0 Å². The van der Waals surface area contributed by atoms with Crippen LogP contribution in [0.3, 0.4) is 0 Å². The number of aliphatic hydroxyl groups excluding tert-OH is 1. The molecule has 570 valence electrons. The first kappa shape index (κ1) is 94.1. The van der Waals surface area contributed by atoms with Crippen molar-refractivity contribution in [3.63, 3.8) is 0 Å². The first-order valence-corrected chi connectivity index (χ1v) is 42.8. The number of esters is 4. The molecule has 0 radical (unpaired) electrons. The molecular formula is C77H150O17P2. The van der Waals surface area contributed by atoms with Crippen LogP contribution in [0.1, 0.15) is 389 Å². The largest absolute Gasteiger partial charge is 0.472 e. The van der Waals surface area contributed by atoms with Gasteiger partial charge in [-0.15, -0.1) is 0 Å². The predicted octanol–water partition coefficient (Wildman–Crippen LogP) is 22.4. The summed E-state index contributed by atoms with van der Waals surface area (Å²) in [5, 5.41) is 10.6. The fourth-order valence-corrected chi connectivity index (χ4v) is 13.2. The fraction of sp³-hybridized carbons (Fsp3) is 0.948. The summed E-state index contributed by atoms with van der Waals surface area (Å²) in [4.78, 5) is 72.8. The minimum Gasteiger partial charge on any atom is -0.462 e. The maximum Gasteiger partial charge on any atom is 0.472 e. The number of phosphoric ester groups is 2. The first-order chi connectivity index (χ1) is 46.2. The highest BCUT2D eigenvalue weighted by Crippen LogP contribution is 2.45. The normalized spacial score (nSPS) is 15.2. The van der Waals surface area contributed by atoms with E-state index in [1.807, 2.05) is 0 Å². The van der Waals surface area contributed by atoms with E-state index in [1.54, 1.807) is 0 Å². The Hall–Kier alpha value is -1.94. The predicted molar refractivity (Wildman–Crippen MR) is 391 cm³/mol. The van der Waals surface area contributed by atoms with E-state index < -0.39 is 97.5 Å². The van der Waals surface area contributed by atoms with Crippen molar-refractivity contribution in [3.8, 4) is 0 Å². The summed E-state index contributed by atoms with van der Waals surface area (Å²) in [6.07, 6.45) is 51.3. The lowest BCUT2D eigenvalue weighted by Gasteiger charge is -2.21. The van der Waals surface area contributed by atoms with E-state index in [2.05, 4.69) is 55.4 Å². The third-order valence-corrected chi connectivity index (χ3v) is 21.2. The molecule has 0 saturated carbocycles. The molecule has 0 aliphatic heterocycles. The number of carbonyl (C=O) groups excluding carboxylic acids is 4. The number of phosphoric acid groups is 2. The number of hydrogen-bond donors (Lipinski definition) is 3. The van der Waals surface area contributed by atoms with E-state index in [-0.39, 0.29) is 25.7 Å². The van der Waals surface area contributed by atoms with Crippen molar-refractivity contribution in [1.29, 1.82) is 0 Å². The molecule has 0 aliphatic rings. The third kappa shape index (κ3) is 65.4. The van der Waals surface area contributed by atoms with E-state index in [1.165, 1.54) is 186 Å². The summed E-state index contributed by atoms with van der Waals surface area (Å²) >= 11 is 0. The average Bonchev–Trinajstić information content (AvgIpc) is 1.08. The van der Waals surface area contributed by atoms with Gasteiger partial charge in [-0.05, 0) is 49.4 Å². The van der Waals surface area contributed by atoms with Crippen molar-refractivity contribution >= 4 is 39.5 Å². The molecule has 0 fully saturated rings. The van der Waals surface area contributed by atoms with E-state index in [0.29, 0.717) is 25.7 Å². The van der Waals surface area contributed by atoms with Crippen LogP contribution in [0.5, 0.6) is 0 Å². The lowest BCUT2D eigenvalue weighted by Crippen LogP contribution is -2.30. The Bertz CT molecular complexity index is 1890. The smallest absolute Gasteiger partial charge is 0.462 e. The zero-order valence-electron chi connectivity index (χ0n) is 63.0. The molecule has 0 aromatic rings. The van der Waals surface area contributed by atoms with Crippen LogP contribution in [0, 0.1) is 23.7 Å². The summed E-state index contributed by atoms with van der Waals surface area (Å²) in [7, 11) is -9.91. The van der Waals surface area contributed by atoms with Gasteiger partial charge in [0.1, 0.15) is 19.3 Å². The SMILES string of the molecule is CCC(C)CCCCCCCCCCCCCCCCCCCCC(=O)O[C@H](COC(=O)CCCCCCCCC(C)CC)COP(=O)(O)OC[C@H](O)COP(=O)(O)OC[C@@H](COC(=O)CCCCCCCCCCC(C)CC)OC(=O)CCCCCCCCCCC(C)CC. The molecule has 0 spiro atoms. The molecule has 0 aromatic heterocycles. The molecule has 0 saturated heterocycles. The standard InChI is InChI=1S/C77H150O17P2/c1-9-67(5)53-45-37-29-23-21-19-17-15-13-14-16-18-20-22-24-33-43-51-59-76(81)93-73(64-88-75(80)58-50-42-36-35-40-48-56-70(8)12-4)66-92-96(85,86)90-62-71(78)61-89-95(83,84)91-65-72(94-77(82)60-52-44-34-28-26-31-39-47-55-69(7)11-3)63-87-74(79)57-49-41-32-27-25-30-38-46-54-68(6)10-2/h67-73,78H,9-66H2,1-8H3,(H,83,84)(H,85,86)/t67?,68?,69?,70?,71-,72-,73-/m1/s1. The van der Waals surface area contributed by atoms with Gasteiger partial charge in [-0.3, -0.25) is 37.3 Å². The Morgan fingerprint density at radius 1 is 0.281 bits per heavy atom. The summed E-state index contributed by atoms with van der Waals surface area (Å²) in [6.45, 7) is 14.2. The van der Waals surface area contributed by atoms with Gasteiger partial charge in [0.2, 0.25) is 0 Å². The van der Waals surface area contributed by atoms with Crippen LogP contribution in [0.25, 0.3) is 0 Å². The van der Waals surface area contributed by atoms with E-state index in [9.17, 15) is 43.2 Å². The van der Waals surface area contributed by atoms with Crippen molar-refractivity contribution in [1.82, 2.24) is 0 Å². The lowest BCUT2D eigenvalue weighted by atomic mass is 9.99. The topological polar surface area (TPSA) is 237 Å². The van der Waals surface area contributed by atoms with E-state index >= 15 is 0 Å². The maximum atomic E-state index is 13.1. The van der Waals surface area contributed by atoms with Crippen LogP contribution in [0.2, 0.25) is 0 Å². The van der Waals surface area contributed by atoms with Gasteiger partial charge in [0.25, 0.3) is 0 Å². The zero-order valence-corrected chi connectivity index (χ0v) is 64.8. The molecule has 0 aromatic carbocycles. The highest BCUT2D eigenvalue weighted by molar-refractivity contribution is 7.47. The second kappa shape index (κ2) is 66.3. The van der Waals surface area contributed by atoms with Crippen LogP contribution in [0.15, 0.2) is 0 Å². The van der Waals surface area contributed by atoms with E-state index in [0.717, 1.165) is 120 Å². The number of carbonyl (C=O) groups is 4. The molecule has 0 heterocycles. The number of rotatable bonds is 74. The fourth-order valence-electron chi connectivity index (χ4n) is 11.6. The molecule has 0 rings (SSSR count). The molecule has 3 N–H and O–H groups in total. The van der Waals surface area contributed by atoms with Gasteiger partial charge < -0.3 is 33.8 Å². The monoisotopic (exact) mass is 1410 g/mol. The average molecular weight is 1410 g/mol. The number of unbranched alkanes of at least 4 members (excludes halogenated alkanes) is 36. The van der Waals surface area contributed by atoms with Crippen LogP contribution in [-0.4, -0.2) is 96.7 Å². The molecular weight excluding hydrogens is 1260 g/mol. The summed E-state index contributed by atoms with van der Waals surface area (Å²) in [6, 6.07) is 0. The van der Waals surface area contributed by atoms with E-state index in [4.69, 9.17) is 37.0 Å². The molecule has 17 nitrogen and oxygen atoms in total. The van der Waals surface area contributed by atoms with Gasteiger partial charge in [0.05, 0.1) is 26.4 Å². The van der Waals surface area contributed by atoms with Gasteiger partial charge >= 0.3 is 39.5 Å². The Labute approximate surface area is 588 Å². The summed E-state index contributed by atoms with van der Waals surface area (Å²) in [5.41, 5.74) is 0. The molecule has 6 unspecified atom stereocenters. The lowest BCUT2D eigenvalue weighted by molar-refractivity contribution is -0.161. The first-order valence-electron chi connectivity index (χ1n) is 39.9. The van der Waals surface area contributed by atoms with Crippen molar-refractivity contribution in [2.75, 3.05) is 39.6 Å². The van der Waals surface area contributed by atoms with Gasteiger partial charge in [-0.1, -0.05) is 338 Å². The molecule has 96 heavy (non-hydrogen) atoms. The van der Waals surface area contributed by atoms with Crippen molar-refractivity contribution in [2.24, 2.45) is 23.7 Å². The van der Waals surface area contributed by atoms with Crippen molar-refractivity contribution in [3.05, 3.63) is 0 Å². The maximum absolute atomic E-state index is 13.1. The minimum absolute atomic E-state index is 0.104. The summed E-state index contributed by atoms with van der Waals surface area (Å²) < 4.78 is 68.5. The Morgan fingerprint density at radius 3 is 0.688 bits per heavy atom. The molecule has 9 atom stereocenters. The zero-order chi connectivity index (χ0) is 71.0. The van der Waals surface area contributed by atoms with Crippen LogP contribution in [-0.2, 0) is 65.4 Å². The van der Waals surface area contributed by atoms with Crippen molar-refractivity contribution in [2.45, 2.75) is 408 Å². The molecule has 0 amide bonds. The molecule has 0 bridgehead atoms. The Morgan fingerprint density at radius 2 is 0.469 bits per heavy atom. The number of aliphatic hydroxyl groups is 1. The number of ether oxygens (including phenoxy) is 4.